The quantitative estimate of drug-likeness (QED) is 0.260. The summed E-state index contributed by atoms with van der Waals surface area (Å²) in [4.78, 5) is 34.1. The SMILES string of the molecule is O=C(O)c1c(Cl)c(Cl)c(Cl)c(Cl)c1C(=O)Nc1ccc([N+](=O)[O-])cc1Cl. The number of aromatic carboxylic acids is 1. The number of nitro benzene ring substituents is 1. The average molecular weight is 458 g/mol. The van der Waals surface area contributed by atoms with Gasteiger partial charge in [-0.15, -0.1) is 0 Å². The van der Waals surface area contributed by atoms with Gasteiger partial charge < -0.3 is 10.4 Å². The number of nitro groups is 1. The van der Waals surface area contributed by atoms with E-state index in [1.807, 2.05) is 0 Å². The first kappa shape index (κ1) is 20.5. The van der Waals surface area contributed by atoms with Crippen LogP contribution < -0.4 is 5.32 Å². The van der Waals surface area contributed by atoms with Gasteiger partial charge in [-0.25, -0.2) is 4.79 Å². The van der Waals surface area contributed by atoms with Crippen LogP contribution >= 0.6 is 58.0 Å². The van der Waals surface area contributed by atoms with E-state index >= 15 is 0 Å². The molecule has 0 heterocycles. The molecule has 7 nitrogen and oxygen atoms in total. The largest absolute Gasteiger partial charge is 0.478 e. The number of halogens is 5. The number of nitrogens with zero attached hydrogens (tertiary/aromatic N) is 1. The maximum Gasteiger partial charge on any atom is 0.338 e. The minimum atomic E-state index is -1.56. The third-order valence-corrected chi connectivity index (χ3v) is 5.23. The zero-order valence-electron chi connectivity index (χ0n) is 12.1. The molecule has 136 valence electrons. The van der Waals surface area contributed by atoms with Gasteiger partial charge in [0.2, 0.25) is 0 Å². The van der Waals surface area contributed by atoms with Crippen molar-refractivity contribution in [3.8, 4) is 0 Å². The first-order chi connectivity index (χ1) is 12.1. The normalized spacial score (nSPS) is 10.5. The third-order valence-electron chi connectivity index (χ3n) is 3.12. The summed E-state index contributed by atoms with van der Waals surface area (Å²) in [5, 5.41) is 20.7. The van der Waals surface area contributed by atoms with E-state index < -0.39 is 38.0 Å². The molecule has 2 aromatic rings. The van der Waals surface area contributed by atoms with E-state index in [0.29, 0.717) is 0 Å². The molecule has 0 spiro atoms. The summed E-state index contributed by atoms with van der Waals surface area (Å²) in [5.41, 5.74) is -1.50. The number of rotatable bonds is 4. The highest BCUT2D eigenvalue weighted by Crippen LogP contribution is 2.42. The van der Waals surface area contributed by atoms with Crippen molar-refractivity contribution in [2.75, 3.05) is 5.32 Å². The fourth-order valence-corrected chi connectivity index (χ4v) is 3.19. The van der Waals surface area contributed by atoms with Crippen molar-refractivity contribution < 1.29 is 19.6 Å². The van der Waals surface area contributed by atoms with Crippen molar-refractivity contribution >= 4 is 81.3 Å². The molecule has 2 rings (SSSR count). The van der Waals surface area contributed by atoms with Crippen LogP contribution in [0.15, 0.2) is 18.2 Å². The molecule has 26 heavy (non-hydrogen) atoms. The van der Waals surface area contributed by atoms with Crippen LogP contribution in [0.2, 0.25) is 25.1 Å². The molecule has 0 atom stereocenters. The summed E-state index contributed by atoms with van der Waals surface area (Å²) >= 11 is 29.4. The monoisotopic (exact) mass is 456 g/mol. The molecule has 0 bridgehead atoms. The van der Waals surface area contributed by atoms with Gasteiger partial charge in [-0.1, -0.05) is 58.0 Å². The van der Waals surface area contributed by atoms with Crippen LogP contribution in [-0.2, 0) is 0 Å². The lowest BCUT2D eigenvalue weighted by Crippen LogP contribution is -2.18. The molecule has 0 fully saturated rings. The van der Waals surface area contributed by atoms with Gasteiger partial charge in [0.15, 0.2) is 0 Å². The van der Waals surface area contributed by atoms with Gasteiger partial charge in [-0.2, -0.15) is 0 Å². The van der Waals surface area contributed by atoms with E-state index in [0.717, 1.165) is 12.1 Å². The highest BCUT2D eigenvalue weighted by molar-refractivity contribution is 6.54. The first-order valence-corrected chi connectivity index (χ1v) is 8.29. The highest BCUT2D eigenvalue weighted by atomic mass is 35.5. The average Bonchev–Trinajstić information content (AvgIpc) is 2.57. The smallest absolute Gasteiger partial charge is 0.338 e. The Hall–Kier alpha value is -1.77. The molecule has 12 heteroatoms. The second-order valence-corrected chi connectivity index (χ2v) is 6.61. The Balaban J connectivity index is 2.54. The molecule has 2 N–H and O–H groups in total. The number of non-ortho nitro benzene ring substituents is 1. The third kappa shape index (κ3) is 3.82. The fraction of sp³-hybridized carbons (Fsp3) is 0. The van der Waals surface area contributed by atoms with Gasteiger partial charge in [0.05, 0.1) is 46.9 Å². The second-order valence-electron chi connectivity index (χ2n) is 4.69. The molecule has 0 unspecified atom stereocenters. The topological polar surface area (TPSA) is 110 Å². The van der Waals surface area contributed by atoms with Gasteiger partial charge in [0.1, 0.15) is 0 Å². The summed E-state index contributed by atoms with van der Waals surface area (Å²) in [5.74, 6) is -2.56. The minimum Gasteiger partial charge on any atom is -0.478 e. The van der Waals surface area contributed by atoms with Crippen molar-refractivity contribution in [3.63, 3.8) is 0 Å². The van der Waals surface area contributed by atoms with Crippen LogP contribution in [0.4, 0.5) is 11.4 Å². The number of carbonyl (C=O) groups is 2. The molecule has 1 amide bonds. The minimum absolute atomic E-state index is 0.0168. The van der Waals surface area contributed by atoms with E-state index in [-0.39, 0.29) is 26.4 Å². The van der Waals surface area contributed by atoms with Crippen molar-refractivity contribution in [2.24, 2.45) is 0 Å². The Morgan fingerprint density at radius 3 is 1.96 bits per heavy atom. The van der Waals surface area contributed by atoms with E-state index in [1.54, 1.807) is 0 Å². The molecule has 2 aromatic carbocycles. The zero-order valence-corrected chi connectivity index (χ0v) is 15.9. The summed E-state index contributed by atoms with van der Waals surface area (Å²) < 4.78 is 0. The summed E-state index contributed by atoms with van der Waals surface area (Å²) in [6.45, 7) is 0. The van der Waals surface area contributed by atoms with E-state index in [2.05, 4.69) is 5.32 Å². The van der Waals surface area contributed by atoms with Crippen LogP contribution in [-0.4, -0.2) is 21.9 Å². The van der Waals surface area contributed by atoms with Gasteiger partial charge in [-0.05, 0) is 6.07 Å². The van der Waals surface area contributed by atoms with E-state index in [9.17, 15) is 24.8 Å². The second kappa shape index (κ2) is 7.85. The fourth-order valence-electron chi connectivity index (χ4n) is 1.95. The highest BCUT2D eigenvalue weighted by Gasteiger charge is 2.29. The number of nitrogens with one attached hydrogen (secondary N) is 1. The Kier molecular flexibility index (Phi) is 6.21. The molecule has 0 aliphatic carbocycles. The molecule has 0 aromatic heterocycles. The number of anilines is 1. The Morgan fingerprint density at radius 2 is 1.50 bits per heavy atom. The molecule has 0 saturated carbocycles. The van der Waals surface area contributed by atoms with Gasteiger partial charge in [0, 0.05) is 12.1 Å². The number of benzene rings is 2. The van der Waals surface area contributed by atoms with Gasteiger partial charge in [0.25, 0.3) is 11.6 Å². The van der Waals surface area contributed by atoms with Gasteiger partial charge in [-0.3, -0.25) is 14.9 Å². The van der Waals surface area contributed by atoms with Crippen molar-refractivity contribution in [1.82, 2.24) is 0 Å². The zero-order chi connectivity index (χ0) is 19.8. The van der Waals surface area contributed by atoms with Crippen LogP contribution in [0, 0.1) is 10.1 Å². The summed E-state index contributed by atoms with van der Waals surface area (Å²) in [7, 11) is 0. The number of amides is 1. The molecule has 0 radical (unpaired) electrons. The van der Waals surface area contributed by atoms with Crippen LogP contribution in [0.25, 0.3) is 0 Å². The molecular weight excluding hydrogens is 453 g/mol. The number of carbonyl (C=O) groups excluding carboxylic acids is 1. The van der Waals surface area contributed by atoms with E-state index in [4.69, 9.17) is 58.0 Å². The number of hydrogen-bond acceptors (Lipinski definition) is 4. The van der Waals surface area contributed by atoms with Crippen LogP contribution in [0.3, 0.4) is 0 Å². The lowest BCUT2D eigenvalue weighted by molar-refractivity contribution is -0.384. The van der Waals surface area contributed by atoms with Crippen LogP contribution in [0.1, 0.15) is 20.7 Å². The lowest BCUT2D eigenvalue weighted by atomic mass is 10.1. The van der Waals surface area contributed by atoms with Crippen molar-refractivity contribution in [1.29, 1.82) is 0 Å². The number of hydrogen-bond donors (Lipinski definition) is 2. The predicted molar refractivity (Wildman–Crippen MR) is 99.5 cm³/mol. The van der Waals surface area contributed by atoms with Crippen LogP contribution in [0.5, 0.6) is 0 Å². The predicted octanol–water partition coefficient (Wildman–Crippen LogP) is 5.81. The molecular formula is C14H5Cl5N2O5. The lowest BCUT2D eigenvalue weighted by Gasteiger charge is -2.14. The number of carboxylic acids is 1. The first-order valence-electron chi connectivity index (χ1n) is 6.40. The maximum absolute atomic E-state index is 12.5. The maximum atomic E-state index is 12.5. The summed E-state index contributed by atoms with van der Waals surface area (Å²) in [6.07, 6.45) is 0. The Bertz CT molecular complexity index is 963. The van der Waals surface area contributed by atoms with Crippen molar-refractivity contribution in [2.45, 2.75) is 0 Å². The molecule has 0 saturated heterocycles. The van der Waals surface area contributed by atoms with E-state index in [1.165, 1.54) is 6.07 Å². The van der Waals surface area contributed by atoms with Crippen molar-refractivity contribution in [3.05, 3.63) is 64.6 Å². The molecule has 0 aliphatic rings. The summed E-state index contributed by atoms with van der Waals surface area (Å²) in [6, 6.07) is 3.29. The van der Waals surface area contributed by atoms with Gasteiger partial charge >= 0.3 is 5.97 Å². The Labute approximate surface area is 170 Å². The Morgan fingerprint density at radius 1 is 0.962 bits per heavy atom. The standard InChI is InChI=1S/C14H5Cl5N2O5/c15-5-3-4(21(25)26)1-2-6(5)20-13(22)7-8(14(23)24)10(17)12(19)11(18)9(7)16/h1-3H,(H,20,22)(H,23,24). The molecule has 0 aliphatic heterocycles. The number of carboxylic acid groups (broad SMARTS) is 1.